The summed E-state index contributed by atoms with van der Waals surface area (Å²) in [7, 11) is 0. The number of nitrogens with two attached hydrogens (primary N) is 1. The Morgan fingerprint density at radius 3 is 3.06 bits per heavy atom. The lowest BCUT2D eigenvalue weighted by atomic mass is 9.73. The highest BCUT2D eigenvalue weighted by Gasteiger charge is 2.41. The van der Waals surface area contributed by atoms with Gasteiger partial charge in [0.2, 0.25) is 0 Å². The first-order valence-corrected chi connectivity index (χ1v) is 6.59. The van der Waals surface area contributed by atoms with E-state index in [-0.39, 0.29) is 11.6 Å². The highest BCUT2D eigenvalue weighted by atomic mass is 16.5. The molecule has 1 fully saturated rings. The van der Waals surface area contributed by atoms with E-state index >= 15 is 0 Å². The molecule has 0 saturated heterocycles. The molecule has 3 heteroatoms. The normalized spacial score (nSPS) is 31.4. The van der Waals surface area contributed by atoms with E-state index in [2.05, 4.69) is 6.92 Å². The number of ether oxygens (including phenoxy) is 1. The third-order valence-corrected chi connectivity index (χ3v) is 3.89. The fourth-order valence-corrected chi connectivity index (χ4v) is 3.09. The lowest BCUT2D eigenvalue weighted by Gasteiger charge is -2.43. The molecule has 0 aliphatic heterocycles. The van der Waals surface area contributed by atoms with Crippen molar-refractivity contribution in [2.24, 2.45) is 11.7 Å². The second-order valence-electron chi connectivity index (χ2n) is 5.23. The molecule has 1 heterocycles. The quantitative estimate of drug-likeness (QED) is 0.874. The van der Waals surface area contributed by atoms with Gasteiger partial charge in [0.05, 0.1) is 24.2 Å². The van der Waals surface area contributed by atoms with E-state index in [1.165, 1.54) is 12.8 Å². The van der Waals surface area contributed by atoms with Crippen molar-refractivity contribution in [3.05, 3.63) is 24.2 Å². The molecule has 0 spiro atoms. The van der Waals surface area contributed by atoms with Gasteiger partial charge < -0.3 is 14.9 Å². The number of hydrogen-bond acceptors (Lipinski definition) is 3. The van der Waals surface area contributed by atoms with E-state index in [0.29, 0.717) is 5.92 Å². The van der Waals surface area contributed by atoms with Crippen LogP contribution in [0.1, 0.15) is 51.1 Å². The highest BCUT2D eigenvalue weighted by molar-refractivity contribution is 5.17. The summed E-state index contributed by atoms with van der Waals surface area (Å²) < 4.78 is 11.2. The van der Waals surface area contributed by atoms with Crippen molar-refractivity contribution in [1.29, 1.82) is 0 Å². The second-order valence-corrected chi connectivity index (χ2v) is 5.23. The molecule has 0 bridgehead atoms. The summed E-state index contributed by atoms with van der Waals surface area (Å²) in [5, 5.41) is 0. The summed E-state index contributed by atoms with van der Waals surface area (Å²) in [5.74, 6) is 0.688. The molecule has 1 aliphatic carbocycles. The Hall–Kier alpha value is -0.800. The number of hydrogen-bond donors (Lipinski definition) is 1. The molecule has 96 valence electrons. The zero-order valence-electron chi connectivity index (χ0n) is 10.8. The number of furan rings is 1. The van der Waals surface area contributed by atoms with Crippen LogP contribution in [0.5, 0.6) is 0 Å². The lowest BCUT2D eigenvalue weighted by Crippen LogP contribution is -2.47. The fourth-order valence-electron chi connectivity index (χ4n) is 3.09. The van der Waals surface area contributed by atoms with Crippen molar-refractivity contribution < 1.29 is 9.15 Å². The van der Waals surface area contributed by atoms with E-state index in [1.54, 1.807) is 12.5 Å². The van der Waals surface area contributed by atoms with Gasteiger partial charge in [-0.3, -0.25) is 0 Å². The first kappa shape index (κ1) is 12.7. The predicted molar refractivity (Wildman–Crippen MR) is 67.6 cm³/mol. The molecule has 1 aromatic heterocycles. The summed E-state index contributed by atoms with van der Waals surface area (Å²) >= 11 is 0. The molecule has 3 atom stereocenters. The molecule has 0 amide bonds. The molecule has 17 heavy (non-hydrogen) atoms. The molecule has 2 N–H and O–H groups in total. The van der Waals surface area contributed by atoms with Crippen LogP contribution in [0.4, 0.5) is 0 Å². The maximum absolute atomic E-state index is 6.41. The third-order valence-electron chi connectivity index (χ3n) is 3.89. The van der Waals surface area contributed by atoms with Gasteiger partial charge in [-0.1, -0.05) is 19.8 Å². The lowest BCUT2D eigenvalue weighted by molar-refractivity contribution is -0.0939. The van der Waals surface area contributed by atoms with Crippen LogP contribution in [-0.4, -0.2) is 12.2 Å². The largest absolute Gasteiger partial charge is 0.472 e. The van der Waals surface area contributed by atoms with Gasteiger partial charge in [0.25, 0.3) is 0 Å². The first-order valence-electron chi connectivity index (χ1n) is 6.59. The van der Waals surface area contributed by atoms with Crippen molar-refractivity contribution in [1.82, 2.24) is 0 Å². The zero-order chi connectivity index (χ0) is 12.3. The van der Waals surface area contributed by atoms with Crippen LogP contribution in [-0.2, 0) is 4.74 Å². The fraction of sp³-hybridized carbons (Fsp3) is 0.714. The van der Waals surface area contributed by atoms with Crippen LogP contribution in [0.15, 0.2) is 23.0 Å². The maximum Gasteiger partial charge on any atom is 0.0951 e. The van der Waals surface area contributed by atoms with Crippen molar-refractivity contribution in [3.63, 3.8) is 0 Å². The van der Waals surface area contributed by atoms with Crippen LogP contribution in [0.3, 0.4) is 0 Å². The van der Waals surface area contributed by atoms with Gasteiger partial charge in [-0.2, -0.15) is 0 Å². The minimum Gasteiger partial charge on any atom is -0.472 e. The second kappa shape index (κ2) is 5.23. The van der Waals surface area contributed by atoms with Crippen molar-refractivity contribution in [3.8, 4) is 0 Å². The topological polar surface area (TPSA) is 48.4 Å². The SMILES string of the molecule is CCOC1(C(N)c2ccoc2)CCCC(C)C1. The van der Waals surface area contributed by atoms with Gasteiger partial charge in [0.15, 0.2) is 0 Å². The Balaban J connectivity index is 2.20. The Morgan fingerprint density at radius 2 is 2.47 bits per heavy atom. The summed E-state index contributed by atoms with van der Waals surface area (Å²) in [6.07, 6.45) is 8.01. The Kier molecular flexibility index (Phi) is 3.89. The van der Waals surface area contributed by atoms with Crippen molar-refractivity contribution in [2.45, 2.75) is 51.2 Å². The molecule has 0 radical (unpaired) electrons. The first-order chi connectivity index (χ1) is 8.18. The molecule has 3 unspecified atom stereocenters. The average Bonchev–Trinajstić information content (AvgIpc) is 2.81. The smallest absolute Gasteiger partial charge is 0.0951 e. The van der Waals surface area contributed by atoms with E-state index in [0.717, 1.165) is 25.0 Å². The van der Waals surface area contributed by atoms with Crippen LogP contribution >= 0.6 is 0 Å². The monoisotopic (exact) mass is 237 g/mol. The van der Waals surface area contributed by atoms with Crippen LogP contribution in [0.25, 0.3) is 0 Å². The van der Waals surface area contributed by atoms with Gasteiger partial charge >= 0.3 is 0 Å². The third kappa shape index (κ3) is 2.55. The highest BCUT2D eigenvalue weighted by Crippen LogP contribution is 2.42. The standard InChI is InChI=1S/C14H23NO2/c1-3-17-14(7-4-5-11(2)9-14)13(15)12-6-8-16-10-12/h6,8,10-11,13H,3-5,7,9,15H2,1-2H3. The molecular formula is C14H23NO2. The zero-order valence-corrected chi connectivity index (χ0v) is 10.8. The molecule has 1 aromatic rings. The summed E-state index contributed by atoms with van der Waals surface area (Å²) in [4.78, 5) is 0. The van der Waals surface area contributed by atoms with Gasteiger partial charge in [0, 0.05) is 12.2 Å². The number of rotatable bonds is 4. The summed E-state index contributed by atoms with van der Waals surface area (Å²) in [6.45, 7) is 5.05. The predicted octanol–water partition coefficient (Wildman–Crippen LogP) is 3.26. The molecule has 1 saturated carbocycles. The van der Waals surface area contributed by atoms with Crippen LogP contribution in [0.2, 0.25) is 0 Å². The molecular weight excluding hydrogens is 214 g/mol. The summed E-state index contributed by atoms with van der Waals surface area (Å²) in [6, 6.07) is 1.87. The van der Waals surface area contributed by atoms with Crippen molar-refractivity contribution in [2.75, 3.05) is 6.61 Å². The maximum atomic E-state index is 6.41. The summed E-state index contributed by atoms with van der Waals surface area (Å²) in [5.41, 5.74) is 7.26. The van der Waals surface area contributed by atoms with Gasteiger partial charge in [0.1, 0.15) is 0 Å². The average molecular weight is 237 g/mol. The molecule has 0 aromatic carbocycles. The molecule has 1 aliphatic rings. The molecule has 3 nitrogen and oxygen atoms in total. The Bertz CT molecular complexity index is 332. The van der Waals surface area contributed by atoms with Crippen LogP contribution < -0.4 is 5.73 Å². The molecule has 2 rings (SSSR count). The van der Waals surface area contributed by atoms with Gasteiger partial charge in [-0.05, 0) is 31.7 Å². The minimum absolute atomic E-state index is 0.0797. The van der Waals surface area contributed by atoms with Crippen LogP contribution in [0, 0.1) is 5.92 Å². The van der Waals surface area contributed by atoms with Gasteiger partial charge in [-0.15, -0.1) is 0 Å². The van der Waals surface area contributed by atoms with E-state index in [9.17, 15) is 0 Å². The minimum atomic E-state index is -0.198. The van der Waals surface area contributed by atoms with E-state index < -0.39 is 0 Å². The Labute approximate surface area is 103 Å². The van der Waals surface area contributed by atoms with Crippen molar-refractivity contribution >= 4 is 0 Å². The van der Waals surface area contributed by atoms with E-state index in [1.807, 2.05) is 13.0 Å². The Morgan fingerprint density at radius 1 is 1.65 bits per heavy atom. The van der Waals surface area contributed by atoms with Gasteiger partial charge in [-0.25, -0.2) is 0 Å². The van der Waals surface area contributed by atoms with E-state index in [4.69, 9.17) is 14.9 Å².